The molecule has 4 unspecified atom stereocenters. The molecule has 5 aromatic carbocycles. The second-order valence-electron chi connectivity index (χ2n) is 18.7. The van der Waals surface area contributed by atoms with Crippen LogP contribution in [0.4, 0.5) is 17.1 Å². The Labute approximate surface area is 412 Å². The minimum atomic E-state index is 0.243. The number of nitrogens with zero attached hydrogens (tertiary/aromatic N) is 4. The fraction of sp³-hybridized carbons (Fsp3) is 0.262. The highest BCUT2D eigenvalue weighted by molar-refractivity contribution is 6.20. The van der Waals surface area contributed by atoms with Crippen molar-refractivity contribution in [3.8, 4) is 0 Å². The van der Waals surface area contributed by atoms with Gasteiger partial charge in [0.1, 0.15) is 0 Å². The number of anilines is 2. The molecule has 2 aliphatic heterocycles. The maximum atomic E-state index is 5.42. The van der Waals surface area contributed by atoms with Gasteiger partial charge in [0.2, 0.25) is 0 Å². The van der Waals surface area contributed by atoms with E-state index in [2.05, 4.69) is 246 Å². The van der Waals surface area contributed by atoms with Crippen LogP contribution in [0.2, 0.25) is 0 Å². The SMILES string of the molecule is C=C/C=c1/cccc/c1=C1/CN(c2cccc(CN=C(C3=CCCC=C3)c3ccc4ccccc4c3N=C)c2)c2ccc(C(/C=C3\CC(C)C(C)C(/C=C\C)N3C(/C=C\C)=C/C=C\C)CCC)cc21. The van der Waals surface area contributed by atoms with Crippen molar-refractivity contribution in [2.24, 2.45) is 21.8 Å². The second-order valence-corrected chi connectivity index (χ2v) is 18.7. The van der Waals surface area contributed by atoms with Gasteiger partial charge in [0, 0.05) is 51.7 Å². The predicted molar refractivity (Wildman–Crippen MR) is 299 cm³/mol. The van der Waals surface area contributed by atoms with Crippen LogP contribution in [0.25, 0.3) is 22.4 Å². The van der Waals surface area contributed by atoms with E-state index in [0.29, 0.717) is 18.4 Å². The van der Waals surface area contributed by atoms with Gasteiger partial charge in [0.15, 0.2) is 0 Å². The average molecular weight is 907 g/mol. The minimum absolute atomic E-state index is 0.243. The van der Waals surface area contributed by atoms with Crippen LogP contribution in [-0.2, 0) is 6.54 Å². The molecule has 4 nitrogen and oxygen atoms in total. The van der Waals surface area contributed by atoms with Crippen LogP contribution >= 0.6 is 0 Å². The topological polar surface area (TPSA) is 31.2 Å². The molecule has 0 bridgehead atoms. The first-order chi connectivity index (χ1) is 33.8. The van der Waals surface area contributed by atoms with Crippen LogP contribution in [0.1, 0.15) is 102 Å². The van der Waals surface area contributed by atoms with Gasteiger partial charge in [-0.1, -0.05) is 173 Å². The summed E-state index contributed by atoms with van der Waals surface area (Å²) in [6, 6.07) is 38.1. The van der Waals surface area contributed by atoms with Gasteiger partial charge in [-0.15, -0.1) is 0 Å². The van der Waals surface area contributed by atoms with Crippen molar-refractivity contribution in [1.82, 2.24) is 4.90 Å². The summed E-state index contributed by atoms with van der Waals surface area (Å²) in [6.07, 6.45) is 34.3. The van der Waals surface area contributed by atoms with E-state index in [4.69, 9.17) is 4.99 Å². The molecule has 0 saturated carbocycles. The summed E-state index contributed by atoms with van der Waals surface area (Å²) in [6.45, 7) is 23.0. The first kappa shape index (κ1) is 48.4. The molecule has 0 radical (unpaired) electrons. The number of likely N-dealkylation sites (tertiary alicyclic amines) is 1. The van der Waals surface area contributed by atoms with Gasteiger partial charge in [0.05, 0.1) is 24.0 Å². The van der Waals surface area contributed by atoms with E-state index in [1.165, 1.54) is 44.2 Å². The molecule has 1 fully saturated rings. The van der Waals surface area contributed by atoms with Gasteiger partial charge in [-0.25, -0.2) is 0 Å². The molecule has 0 N–H and O–H groups in total. The molecule has 8 rings (SSSR count). The van der Waals surface area contributed by atoms with Crippen LogP contribution in [-0.4, -0.2) is 29.9 Å². The summed E-state index contributed by atoms with van der Waals surface area (Å²) in [5.41, 5.74) is 14.1. The van der Waals surface area contributed by atoms with E-state index in [1.807, 2.05) is 6.08 Å². The van der Waals surface area contributed by atoms with Gasteiger partial charge in [0.25, 0.3) is 0 Å². The molecule has 0 amide bonds. The third-order valence-corrected chi connectivity index (χ3v) is 14.2. The van der Waals surface area contributed by atoms with Crippen molar-refractivity contribution < 1.29 is 0 Å². The fourth-order valence-corrected chi connectivity index (χ4v) is 10.6. The van der Waals surface area contributed by atoms with E-state index in [-0.39, 0.29) is 12.0 Å². The fourth-order valence-electron chi connectivity index (χ4n) is 10.6. The Morgan fingerprint density at radius 3 is 2.49 bits per heavy atom. The number of aliphatic imine (C=N–C) groups is 2. The Morgan fingerprint density at radius 1 is 0.884 bits per heavy atom. The zero-order valence-electron chi connectivity index (χ0n) is 41.8. The highest BCUT2D eigenvalue weighted by Crippen LogP contribution is 2.44. The van der Waals surface area contributed by atoms with Crippen molar-refractivity contribution in [2.75, 3.05) is 11.4 Å². The summed E-state index contributed by atoms with van der Waals surface area (Å²) < 4.78 is 0. The summed E-state index contributed by atoms with van der Waals surface area (Å²) in [4.78, 5) is 15.1. The van der Waals surface area contributed by atoms with E-state index < -0.39 is 0 Å². The van der Waals surface area contributed by atoms with Crippen LogP contribution < -0.4 is 15.3 Å². The number of fused-ring (bicyclic) bond motifs is 2. The quantitative estimate of drug-likeness (QED) is 0.0595. The molecule has 4 atom stereocenters. The molecule has 5 aromatic rings. The van der Waals surface area contributed by atoms with E-state index in [9.17, 15) is 0 Å². The summed E-state index contributed by atoms with van der Waals surface area (Å²) >= 11 is 0. The van der Waals surface area contributed by atoms with Crippen LogP contribution in [0.5, 0.6) is 0 Å². The van der Waals surface area contributed by atoms with Gasteiger partial charge >= 0.3 is 0 Å². The maximum Gasteiger partial charge on any atom is 0.0794 e. The predicted octanol–water partition coefficient (Wildman–Crippen LogP) is 15.5. The molecule has 3 aliphatic rings. The Kier molecular flexibility index (Phi) is 16.0. The lowest BCUT2D eigenvalue weighted by molar-refractivity contribution is 0.170. The zero-order valence-corrected chi connectivity index (χ0v) is 41.8. The molecular formula is C65H70N4. The van der Waals surface area contributed by atoms with Gasteiger partial charge in [-0.05, 0) is 146 Å². The normalized spacial score (nSPS) is 21.0. The Balaban J connectivity index is 1.23. The standard InChI is InChI=1S/C65H70N4/c1-9-14-32-54(25-12-4)69-56(40-46(6)47(7)62(69)26-13-5)42-52(24-11-3)53-37-39-63-60(43-53)61(57-34-20-18-28-49(57)23-10-2)45-68(63)55-33-22-27-48(41-55)44-67-64(51-30-16-15-17-31-51)59-38-36-50-29-19-21-35-58(50)65(59)66-8/h9-10,12-14,16,18-23,25-39,41-43,46-47,52,62H,2,8,11,15,17,24,40,44-45H2,1,3-7H3/b14-9-,25-12-,26-13-,49-23-,54-32+,56-42+,61-57+,67-64?. The van der Waals surface area contributed by atoms with Crippen LogP contribution in [0, 0.1) is 11.8 Å². The molecule has 69 heavy (non-hydrogen) atoms. The Hall–Kier alpha value is -7.04. The van der Waals surface area contributed by atoms with Crippen LogP contribution in [0.15, 0.2) is 210 Å². The van der Waals surface area contributed by atoms with Crippen molar-refractivity contribution in [1.29, 1.82) is 0 Å². The largest absolute Gasteiger partial charge is 0.338 e. The lowest BCUT2D eigenvalue weighted by Crippen LogP contribution is -2.44. The molecule has 4 heteroatoms. The first-order valence-electron chi connectivity index (χ1n) is 25.2. The van der Waals surface area contributed by atoms with Gasteiger partial charge in [-0.2, -0.15) is 0 Å². The summed E-state index contributed by atoms with van der Waals surface area (Å²) in [5, 5.41) is 4.65. The summed E-state index contributed by atoms with van der Waals surface area (Å²) in [5.74, 6) is 1.29. The van der Waals surface area contributed by atoms with E-state index >= 15 is 0 Å². The maximum absolute atomic E-state index is 5.42. The van der Waals surface area contributed by atoms with E-state index in [1.54, 1.807) is 0 Å². The second kappa shape index (κ2) is 22.8. The average Bonchev–Trinajstić information content (AvgIpc) is 3.76. The monoisotopic (exact) mass is 907 g/mol. The molecule has 2 heterocycles. The number of hydrogen-bond donors (Lipinski definition) is 0. The molecule has 0 aromatic heterocycles. The molecule has 1 aliphatic carbocycles. The smallest absolute Gasteiger partial charge is 0.0794 e. The Bertz CT molecular complexity index is 3070. The van der Waals surface area contributed by atoms with Gasteiger partial charge < -0.3 is 9.80 Å². The molecule has 0 spiro atoms. The van der Waals surface area contributed by atoms with Crippen molar-refractivity contribution >= 4 is 51.9 Å². The highest BCUT2D eigenvalue weighted by atomic mass is 15.2. The highest BCUT2D eigenvalue weighted by Gasteiger charge is 2.36. The molecular weight excluding hydrogens is 837 g/mol. The van der Waals surface area contributed by atoms with Crippen molar-refractivity contribution in [2.45, 2.75) is 92.2 Å². The molecule has 1 saturated heterocycles. The zero-order chi connectivity index (χ0) is 48.3. The number of hydrogen-bond acceptors (Lipinski definition) is 4. The first-order valence-corrected chi connectivity index (χ1v) is 25.2. The van der Waals surface area contributed by atoms with Gasteiger partial charge in [-0.3, -0.25) is 9.98 Å². The number of benzene rings is 5. The van der Waals surface area contributed by atoms with Crippen molar-refractivity contribution in [3.63, 3.8) is 0 Å². The lowest BCUT2D eigenvalue weighted by Gasteiger charge is -2.46. The van der Waals surface area contributed by atoms with E-state index in [0.717, 1.165) is 83.2 Å². The lowest BCUT2D eigenvalue weighted by atomic mass is 9.78. The number of piperidine rings is 1. The third kappa shape index (κ3) is 10.5. The van der Waals surface area contributed by atoms with Crippen molar-refractivity contribution in [3.05, 3.63) is 232 Å². The summed E-state index contributed by atoms with van der Waals surface area (Å²) in [7, 11) is 0. The minimum Gasteiger partial charge on any atom is -0.338 e. The van der Waals surface area contributed by atoms with Crippen LogP contribution in [0.3, 0.4) is 0 Å². The molecule has 350 valence electrons. The third-order valence-electron chi connectivity index (χ3n) is 14.2. The number of rotatable bonds is 15. The number of allylic oxidation sites excluding steroid dienone is 13. The Morgan fingerprint density at radius 2 is 1.72 bits per heavy atom.